The van der Waals surface area contributed by atoms with Gasteiger partial charge in [-0.05, 0) is 17.2 Å². The first-order valence-corrected chi connectivity index (χ1v) is 4.47. The van der Waals surface area contributed by atoms with Crippen LogP contribution in [0.3, 0.4) is 0 Å². The molecule has 0 amide bonds. The molecule has 0 spiro atoms. The van der Waals surface area contributed by atoms with E-state index in [1.165, 1.54) is 16.7 Å². The lowest BCUT2D eigenvalue weighted by atomic mass is 10.1. The first kappa shape index (κ1) is 6.84. The Bertz CT molecular complexity index is 417. The first-order valence-electron chi connectivity index (χ1n) is 4.47. The van der Waals surface area contributed by atoms with E-state index in [4.69, 9.17) is 0 Å². The molecule has 1 heterocycles. The second-order valence-electron chi connectivity index (χ2n) is 3.35. The van der Waals surface area contributed by atoms with Crippen molar-refractivity contribution in [2.75, 3.05) is 0 Å². The molecular formula is C12H9N. The van der Waals surface area contributed by atoms with Crippen molar-refractivity contribution in [2.45, 2.75) is 6.42 Å². The van der Waals surface area contributed by atoms with Gasteiger partial charge in [-0.15, -0.1) is 0 Å². The Balaban J connectivity index is 2.32. The Kier molecular flexibility index (Phi) is 1.28. The van der Waals surface area contributed by atoms with E-state index in [2.05, 4.69) is 35.3 Å². The molecule has 0 N–H and O–H groups in total. The normalized spacial score (nSPS) is 12.3. The minimum atomic E-state index is 1.04. The summed E-state index contributed by atoms with van der Waals surface area (Å²) in [6.45, 7) is 0. The van der Waals surface area contributed by atoms with E-state index in [0.29, 0.717) is 0 Å². The Hall–Kier alpha value is -1.63. The highest BCUT2D eigenvalue weighted by Gasteiger charge is 2.17. The van der Waals surface area contributed by atoms with Crippen molar-refractivity contribution in [3.63, 3.8) is 0 Å². The second-order valence-corrected chi connectivity index (χ2v) is 3.35. The number of benzene rings is 1. The lowest BCUT2D eigenvalue weighted by Crippen LogP contribution is -1.81. The fourth-order valence-corrected chi connectivity index (χ4v) is 1.93. The average Bonchev–Trinajstić information content (AvgIpc) is 2.56. The number of fused-ring (bicyclic) bond motifs is 3. The molecule has 0 aliphatic heterocycles. The van der Waals surface area contributed by atoms with E-state index >= 15 is 0 Å². The van der Waals surface area contributed by atoms with Gasteiger partial charge < -0.3 is 0 Å². The van der Waals surface area contributed by atoms with Gasteiger partial charge in [-0.1, -0.05) is 30.3 Å². The fourth-order valence-electron chi connectivity index (χ4n) is 1.93. The lowest BCUT2D eigenvalue weighted by Gasteiger charge is -1.96. The third kappa shape index (κ3) is 0.903. The van der Waals surface area contributed by atoms with Crippen molar-refractivity contribution in [3.8, 4) is 11.3 Å². The fraction of sp³-hybridized carbons (Fsp3) is 0.0833. The van der Waals surface area contributed by atoms with Crippen LogP contribution in [0.15, 0.2) is 42.6 Å². The highest BCUT2D eigenvalue weighted by atomic mass is 14.7. The van der Waals surface area contributed by atoms with Gasteiger partial charge in [0, 0.05) is 18.2 Å². The molecule has 3 rings (SSSR count). The Morgan fingerprint density at radius 3 is 2.77 bits per heavy atom. The zero-order valence-electron chi connectivity index (χ0n) is 7.20. The van der Waals surface area contributed by atoms with Crippen molar-refractivity contribution in [1.82, 2.24) is 4.98 Å². The lowest BCUT2D eigenvalue weighted by molar-refractivity contribution is 1.23. The third-order valence-electron chi connectivity index (χ3n) is 2.54. The molecule has 1 nitrogen and oxygen atoms in total. The molecule has 1 heteroatoms. The predicted octanol–water partition coefficient (Wildman–Crippen LogP) is 2.65. The van der Waals surface area contributed by atoms with Crippen LogP contribution in [0.1, 0.15) is 11.1 Å². The minimum Gasteiger partial charge on any atom is -0.256 e. The van der Waals surface area contributed by atoms with Crippen molar-refractivity contribution in [1.29, 1.82) is 0 Å². The smallest absolute Gasteiger partial charge is 0.0740 e. The maximum Gasteiger partial charge on any atom is 0.0740 e. The van der Waals surface area contributed by atoms with Crippen LogP contribution in [0, 0.1) is 0 Å². The number of aromatic nitrogens is 1. The third-order valence-corrected chi connectivity index (χ3v) is 2.54. The second kappa shape index (κ2) is 2.43. The SMILES string of the molecule is c1ccc2c(c1)Cc1cccnc1-2. The van der Waals surface area contributed by atoms with Crippen LogP contribution >= 0.6 is 0 Å². The van der Waals surface area contributed by atoms with Crippen molar-refractivity contribution in [2.24, 2.45) is 0 Å². The minimum absolute atomic E-state index is 1.04. The number of hydrogen-bond acceptors (Lipinski definition) is 1. The quantitative estimate of drug-likeness (QED) is 0.501. The zero-order chi connectivity index (χ0) is 8.67. The van der Waals surface area contributed by atoms with Gasteiger partial charge in [-0.2, -0.15) is 0 Å². The van der Waals surface area contributed by atoms with Crippen LogP contribution in [-0.2, 0) is 6.42 Å². The molecule has 0 radical (unpaired) electrons. The maximum absolute atomic E-state index is 4.40. The van der Waals surface area contributed by atoms with Gasteiger partial charge in [0.2, 0.25) is 0 Å². The molecule has 1 aliphatic rings. The molecule has 2 aromatic rings. The van der Waals surface area contributed by atoms with Gasteiger partial charge in [-0.25, -0.2) is 0 Å². The van der Waals surface area contributed by atoms with Crippen LogP contribution in [0.25, 0.3) is 11.3 Å². The van der Waals surface area contributed by atoms with Crippen LogP contribution in [0.4, 0.5) is 0 Å². The highest BCUT2D eigenvalue weighted by Crippen LogP contribution is 2.33. The predicted molar refractivity (Wildman–Crippen MR) is 52.5 cm³/mol. The van der Waals surface area contributed by atoms with Crippen molar-refractivity contribution >= 4 is 0 Å². The van der Waals surface area contributed by atoms with E-state index in [1.807, 2.05) is 12.3 Å². The van der Waals surface area contributed by atoms with E-state index in [9.17, 15) is 0 Å². The Morgan fingerprint density at radius 1 is 0.923 bits per heavy atom. The van der Waals surface area contributed by atoms with E-state index < -0.39 is 0 Å². The molecule has 0 bridgehead atoms. The number of hydrogen-bond donors (Lipinski definition) is 0. The van der Waals surface area contributed by atoms with Gasteiger partial charge in [0.1, 0.15) is 0 Å². The standard InChI is InChI=1S/C12H9N/c1-2-6-11-9(4-1)8-10-5-3-7-13-12(10)11/h1-7H,8H2. The van der Waals surface area contributed by atoms with Gasteiger partial charge in [0.25, 0.3) is 0 Å². The van der Waals surface area contributed by atoms with Crippen LogP contribution in [-0.4, -0.2) is 4.98 Å². The summed E-state index contributed by atoms with van der Waals surface area (Å²) in [6.07, 6.45) is 2.90. The Labute approximate surface area is 77.1 Å². The van der Waals surface area contributed by atoms with Gasteiger partial charge >= 0.3 is 0 Å². The Morgan fingerprint density at radius 2 is 1.77 bits per heavy atom. The van der Waals surface area contributed by atoms with Crippen molar-refractivity contribution < 1.29 is 0 Å². The molecule has 0 fully saturated rings. The number of nitrogens with zero attached hydrogens (tertiary/aromatic N) is 1. The maximum atomic E-state index is 4.40. The molecule has 0 atom stereocenters. The number of rotatable bonds is 0. The van der Waals surface area contributed by atoms with Gasteiger partial charge in [0.05, 0.1) is 5.69 Å². The summed E-state index contributed by atoms with van der Waals surface area (Å²) < 4.78 is 0. The summed E-state index contributed by atoms with van der Waals surface area (Å²) in [5.41, 5.74) is 5.22. The molecule has 1 aromatic carbocycles. The summed E-state index contributed by atoms with van der Waals surface area (Å²) in [4.78, 5) is 4.40. The molecular weight excluding hydrogens is 158 g/mol. The highest BCUT2D eigenvalue weighted by molar-refractivity contribution is 5.72. The molecule has 1 aliphatic carbocycles. The summed E-state index contributed by atoms with van der Waals surface area (Å²) in [7, 11) is 0. The van der Waals surface area contributed by atoms with E-state index in [0.717, 1.165) is 12.1 Å². The summed E-state index contributed by atoms with van der Waals surface area (Å²) in [5, 5.41) is 0. The van der Waals surface area contributed by atoms with Gasteiger partial charge in [-0.3, -0.25) is 4.98 Å². The topological polar surface area (TPSA) is 12.9 Å². The first-order chi connectivity index (χ1) is 6.45. The van der Waals surface area contributed by atoms with Crippen LogP contribution < -0.4 is 0 Å². The largest absolute Gasteiger partial charge is 0.256 e. The van der Waals surface area contributed by atoms with Crippen molar-refractivity contribution in [3.05, 3.63) is 53.7 Å². The summed E-state index contributed by atoms with van der Waals surface area (Å²) >= 11 is 0. The average molecular weight is 167 g/mol. The monoisotopic (exact) mass is 167 g/mol. The van der Waals surface area contributed by atoms with Crippen LogP contribution in [0.2, 0.25) is 0 Å². The van der Waals surface area contributed by atoms with E-state index in [1.54, 1.807) is 0 Å². The summed E-state index contributed by atoms with van der Waals surface area (Å²) in [6, 6.07) is 12.6. The van der Waals surface area contributed by atoms with Crippen LogP contribution in [0.5, 0.6) is 0 Å². The molecule has 0 saturated heterocycles. The van der Waals surface area contributed by atoms with Gasteiger partial charge in [0.15, 0.2) is 0 Å². The molecule has 0 saturated carbocycles. The van der Waals surface area contributed by atoms with E-state index in [-0.39, 0.29) is 0 Å². The number of pyridine rings is 1. The molecule has 0 unspecified atom stereocenters. The molecule has 13 heavy (non-hydrogen) atoms. The zero-order valence-corrected chi connectivity index (χ0v) is 7.20. The summed E-state index contributed by atoms with van der Waals surface area (Å²) in [5.74, 6) is 0. The molecule has 62 valence electrons. The molecule has 1 aromatic heterocycles.